The number of aromatic amines is 1. The summed E-state index contributed by atoms with van der Waals surface area (Å²) in [6.07, 6.45) is 3.66. The highest BCUT2D eigenvalue weighted by Crippen LogP contribution is 2.19. The van der Waals surface area contributed by atoms with Gasteiger partial charge in [0.2, 0.25) is 5.91 Å². The lowest BCUT2D eigenvalue weighted by molar-refractivity contribution is -0.145. The summed E-state index contributed by atoms with van der Waals surface area (Å²) in [5, 5.41) is 6.34. The first-order valence-electron chi connectivity index (χ1n) is 10.9. The Morgan fingerprint density at radius 1 is 1.00 bits per heavy atom. The van der Waals surface area contributed by atoms with Crippen LogP contribution in [-0.2, 0) is 32.1 Å². The van der Waals surface area contributed by atoms with E-state index in [9.17, 15) is 14.4 Å². The maximum Gasteiger partial charge on any atom is 0.408 e. The average Bonchev–Trinajstić information content (AvgIpc) is 3.27. The summed E-state index contributed by atoms with van der Waals surface area (Å²) in [4.78, 5) is 41.1. The van der Waals surface area contributed by atoms with Crippen LogP contribution in [0, 0.1) is 0 Å². The summed E-state index contributed by atoms with van der Waals surface area (Å²) < 4.78 is 10.2. The fourth-order valence-electron chi connectivity index (χ4n) is 3.54. The minimum atomic E-state index is -0.907. The average molecular weight is 484 g/mol. The van der Waals surface area contributed by atoms with Gasteiger partial charge in [-0.2, -0.15) is 11.8 Å². The van der Waals surface area contributed by atoms with Gasteiger partial charge in [-0.1, -0.05) is 48.5 Å². The molecule has 3 aromatic rings. The number of fused-ring (bicyclic) bond motifs is 1. The lowest BCUT2D eigenvalue weighted by Crippen LogP contribution is -2.52. The second-order valence-corrected chi connectivity index (χ2v) is 8.67. The summed E-state index contributed by atoms with van der Waals surface area (Å²) >= 11 is 1.55. The molecule has 0 unspecified atom stereocenters. The smallest absolute Gasteiger partial charge is 0.408 e. The molecular formula is C25H29N3O5S. The SMILES string of the molecule is COC(=O)[C@@H](Cc1c[nH]c2ccccc12)NC(=O)[C@H](CCSC)NC(=O)OCc1ccccc1. The Hall–Kier alpha value is -3.46. The molecule has 2 amide bonds. The highest BCUT2D eigenvalue weighted by Gasteiger charge is 2.28. The van der Waals surface area contributed by atoms with Crippen molar-refractivity contribution >= 4 is 40.6 Å². The van der Waals surface area contributed by atoms with Crippen LogP contribution in [-0.4, -0.2) is 54.2 Å². The van der Waals surface area contributed by atoms with Crippen molar-refractivity contribution in [2.45, 2.75) is 31.5 Å². The molecule has 0 spiro atoms. The summed E-state index contributed by atoms with van der Waals surface area (Å²) in [6.45, 7) is 0.0922. The molecule has 2 aromatic carbocycles. The number of nitrogens with one attached hydrogen (secondary N) is 3. The summed E-state index contributed by atoms with van der Waals surface area (Å²) in [6, 6.07) is 15.2. The Morgan fingerprint density at radius 2 is 1.74 bits per heavy atom. The molecule has 0 aliphatic heterocycles. The normalized spacial score (nSPS) is 12.5. The zero-order chi connectivity index (χ0) is 24.3. The van der Waals surface area contributed by atoms with Crippen molar-refractivity contribution in [2.75, 3.05) is 19.1 Å². The van der Waals surface area contributed by atoms with E-state index >= 15 is 0 Å². The Balaban J connectivity index is 1.66. The number of carbonyl (C=O) groups excluding carboxylic acids is 3. The number of thioether (sulfide) groups is 1. The van der Waals surface area contributed by atoms with E-state index in [0.717, 1.165) is 22.0 Å². The number of carbonyl (C=O) groups is 3. The van der Waals surface area contributed by atoms with E-state index in [-0.39, 0.29) is 13.0 Å². The fourth-order valence-corrected chi connectivity index (χ4v) is 4.01. The van der Waals surface area contributed by atoms with E-state index < -0.39 is 30.1 Å². The first-order chi connectivity index (χ1) is 16.5. The van der Waals surface area contributed by atoms with Crippen LogP contribution in [0.15, 0.2) is 60.8 Å². The van der Waals surface area contributed by atoms with Crippen molar-refractivity contribution in [1.29, 1.82) is 0 Å². The van der Waals surface area contributed by atoms with Crippen LogP contribution in [0.1, 0.15) is 17.5 Å². The van der Waals surface area contributed by atoms with Gasteiger partial charge in [0.05, 0.1) is 7.11 Å². The number of hydrogen-bond donors (Lipinski definition) is 3. The molecule has 0 aliphatic carbocycles. The van der Waals surface area contributed by atoms with E-state index in [1.54, 1.807) is 11.8 Å². The maximum absolute atomic E-state index is 13.1. The molecule has 2 atom stereocenters. The fraction of sp³-hybridized carbons (Fsp3) is 0.320. The minimum Gasteiger partial charge on any atom is -0.467 e. The summed E-state index contributed by atoms with van der Waals surface area (Å²) in [5.74, 6) is -0.391. The molecule has 0 fully saturated rings. The molecule has 3 N–H and O–H groups in total. The van der Waals surface area contributed by atoms with Gasteiger partial charge < -0.3 is 25.1 Å². The van der Waals surface area contributed by atoms with Gasteiger partial charge in [0, 0.05) is 23.5 Å². The third kappa shape index (κ3) is 7.02. The van der Waals surface area contributed by atoms with Crippen molar-refractivity contribution in [3.8, 4) is 0 Å². The van der Waals surface area contributed by atoms with Crippen LogP contribution in [0.4, 0.5) is 4.79 Å². The number of methoxy groups -OCH3 is 1. The molecular weight excluding hydrogens is 454 g/mol. The summed E-state index contributed by atoms with van der Waals surface area (Å²) in [7, 11) is 1.28. The van der Waals surface area contributed by atoms with Crippen LogP contribution < -0.4 is 10.6 Å². The van der Waals surface area contributed by atoms with Gasteiger partial charge in [-0.15, -0.1) is 0 Å². The quantitative estimate of drug-likeness (QED) is 0.361. The van der Waals surface area contributed by atoms with E-state index in [1.165, 1.54) is 7.11 Å². The number of rotatable bonds is 11. The molecule has 180 valence electrons. The lowest BCUT2D eigenvalue weighted by atomic mass is 10.0. The molecule has 3 rings (SSSR count). The standard InChI is InChI=1S/C25H29N3O5S/c1-32-24(30)22(14-18-15-26-20-11-7-6-10-19(18)20)27-23(29)21(12-13-34-2)28-25(31)33-16-17-8-4-3-5-9-17/h3-11,15,21-22,26H,12-14,16H2,1-2H3,(H,27,29)(H,28,31)/t21-,22+/m0/s1. The topological polar surface area (TPSA) is 110 Å². The van der Waals surface area contributed by atoms with Gasteiger partial charge >= 0.3 is 12.1 Å². The number of alkyl carbamates (subject to hydrolysis) is 1. The van der Waals surface area contributed by atoms with Crippen molar-refractivity contribution < 1.29 is 23.9 Å². The zero-order valence-electron chi connectivity index (χ0n) is 19.2. The van der Waals surface area contributed by atoms with Crippen LogP contribution in [0.3, 0.4) is 0 Å². The number of amides is 2. The number of benzene rings is 2. The highest BCUT2D eigenvalue weighted by atomic mass is 32.2. The molecule has 0 radical (unpaired) electrons. The number of ether oxygens (including phenoxy) is 2. The molecule has 34 heavy (non-hydrogen) atoms. The third-order valence-corrected chi connectivity index (χ3v) is 5.98. The number of esters is 1. The predicted octanol–water partition coefficient (Wildman–Crippen LogP) is 3.42. The number of para-hydroxylation sites is 1. The Kier molecular flexibility index (Phi) is 9.40. The van der Waals surface area contributed by atoms with Gasteiger partial charge in [-0.05, 0) is 35.6 Å². The van der Waals surface area contributed by atoms with Gasteiger partial charge in [-0.3, -0.25) is 4.79 Å². The van der Waals surface area contributed by atoms with Gasteiger partial charge in [0.1, 0.15) is 18.7 Å². The molecule has 1 aromatic heterocycles. The van der Waals surface area contributed by atoms with Gasteiger partial charge in [0.25, 0.3) is 0 Å². The second-order valence-electron chi connectivity index (χ2n) is 7.69. The molecule has 1 heterocycles. The largest absolute Gasteiger partial charge is 0.467 e. The van der Waals surface area contributed by atoms with E-state index in [2.05, 4.69) is 15.6 Å². The Labute approximate surface area is 202 Å². The lowest BCUT2D eigenvalue weighted by Gasteiger charge is -2.22. The highest BCUT2D eigenvalue weighted by molar-refractivity contribution is 7.98. The van der Waals surface area contributed by atoms with E-state index in [0.29, 0.717) is 12.2 Å². The van der Waals surface area contributed by atoms with Crippen LogP contribution in [0.25, 0.3) is 10.9 Å². The van der Waals surface area contributed by atoms with Crippen LogP contribution in [0.5, 0.6) is 0 Å². The number of hydrogen-bond acceptors (Lipinski definition) is 6. The van der Waals surface area contributed by atoms with Crippen molar-refractivity contribution in [2.24, 2.45) is 0 Å². The van der Waals surface area contributed by atoms with Crippen molar-refractivity contribution in [3.63, 3.8) is 0 Å². The Morgan fingerprint density at radius 3 is 2.47 bits per heavy atom. The number of H-pyrrole nitrogens is 1. The molecule has 0 saturated carbocycles. The molecule has 9 heteroatoms. The van der Waals surface area contributed by atoms with Crippen molar-refractivity contribution in [3.05, 3.63) is 71.9 Å². The van der Waals surface area contributed by atoms with Crippen LogP contribution in [0.2, 0.25) is 0 Å². The van der Waals surface area contributed by atoms with E-state index in [4.69, 9.17) is 9.47 Å². The van der Waals surface area contributed by atoms with Gasteiger partial charge in [-0.25, -0.2) is 9.59 Å². The summed E-state index contributed by atoms with van der Waals surface area (Å²) in [5.41, 5.74) is 2.66. The monoisotopic (exact) mass is 483 g/mol. The maximum atomic E-state index is 13.1. The molecule has 0 saturated heterocycles. The zero-order valence-corrected chi connectivity index (χ0v) is 20.0. The second kappa shape index (κ2) is 12.7. The Bertz CT molecular complexity index is 1100. The molecule has 0 bridgehead atoms. The van der Waals surface area contributed by atoms with Gasteiger partial charge in [0.15, 0.2) is 0 Å². The molecule has 8 nitrogen and oxygen atoms in total. The number of aromatic nitrogens is 1. The van der Waals surface area contributed by atoms with Crippen molar-refractivity contribution in [1.82, 2.24) is 15.6 Å². The predicted molar refractivity (Wildman–Crippen MR) is 132 cm³/mol. The third-order valence-electron chi connectivity index (χ3n) is 5.33. The first-order valence-corrected chi connectivity index (χ1v) is 12.3. The van der Waals surface area contributed by atoms with E-state index in [1.807, 2.05) is 67.0 Å². The first kappa shape index (κ1) is 25.2. The van der Waals surface area contributed by atoms with Crippen LogP contribution >= 0.6 is 11.8 Å². The minimum absolute atomic E-state index is 0.0922. The molecule has 0 aliphatic rings.